The lowest BCUT2D eigenvalue weighted by Crippen LogP contribution is -2.15. The average Bonchev–Trinajstić information content (AvgIpc) is 3.20. The molecule has 9 heteroatoms. The zero-order chi connectivity index (χ0) is 22.5. The van der Waals surface area contributed by atoms with Crippen molar-refractivity contribution in [3.63, 3.8) is 0 Å². The van der Waals surface area contributed by atoms with Crippen molar-refractivity contribution in [2.45, 2.75) is 25.5 Å². The van der Waals surface area contributed by atoms with Crippen molar-refractivity contribution in [2.75, 3.05) is 29.6 Å². The molecule has 0 fully saturated rings. The molecule has 1 aliphatic rings. The summed E-state index contributed by atoms with van der Waals surface area (Å²) in [5, 5.41) is 6.32. The van der Waals surface area contributed by atoms with Crippen LogP contribution in [0.4, 0.5) is 11.4 Å². The Morgan fingerprint density at radius 3 is 2.56 bits per heavy atom. The standard InChI is InChI=1S/C23H24N4O4S/c1-3-27-19(16-7-8-20-21(11-16)31-10-9-30-20)13-24-23(27)32-14-22(29)26-18-6-4-5-17(12-18)25-15(2)28/h4-8,11-13H,3,9-10,14H2,1-2H3,(H,25,28)(H,26,29). The number of hydrogen-bond acceptors (Lipinski definition) is 6. The van der Waals surface area contributed by atoms with Crippen LogP contribution in [-0.4, -0.2) is 40.3 Å². The summed E-state index contributed by atoms with van der Waals surface area (Å²) in [4.78, 5) is 28.2. The largest absolute Gasteiger partial charge is 0.486 e. The lowest BCUT2D eigenvalue weighted by Gasteiger charge is -2.19. The quantitative estimate of drug-likeness (QED) is 0.526. The third-order valence-corrected chi connectivity index (χ3v) is 5.76. The van der Waals surface area contributed by atoms with Crippen LogP contribution in [0, 0.1) is 0 Å². The summed E-state index contributed by atoms with van der Waals surface area (Å²) in [7, 11) is 0. The average molecular weight is 453 g/mol. The predicted molar refractivity (Wildman–Crippen MR) is 124 cm³/mol. The van der Waals surface area contributed by atoms with Gasteiger partial charge < -0.3 is 24.7 Å². The number of anilines is 2. The van der Waals surface area contributed by atoms with Gasteiger partial charge >= 0.3 is 0 Å². The highest BCUT2D eigenvalue weighted by Gasteiger charge is 2.17. The second-order valence-corrected chi connectivity index (χ2v) is 8.07. The highest BCUT2D eigenvalue weighted by Crippen LogP contribution is 2.35. The van der Waals surface area contributed by atoms with Gasteiger partial charge in [-0.3, -0.25) is 9.59 Å². The first-order valence-electron chi connectivity index (χ1n) is 10.3. The fourth-order valence-corrected chi connectivity index (χ4v) is 4.26. The fourth-order valence-electron chi connectivity index (χ4n) is 3.42. The van der Waals surface area contributed by atoms with E-state index in [1.54, 1.807) is 24.3 Å². The number of fused-ring (bicyclic) bond motifs is 1. The van der Waals surface area contributed by atoms with E-state index in [0.29, 0.717) is 31.1 Å². The summed E-state index contributed by atoms with van der Waals surface area (Å²) in [6, 6.07) is 12.9. The van der Waals surface area contributed by atoms with Gasteiger partial charge in [-0.25, -0.2) is 4.98 Å². The number of ether oxygens (including phenoxy) is 2. The highest BCUT2D eigenvalue weighted by atomic mass is 32.2. The fraction of sp³-hybridized carbons (Fsp3) is 0.261. The number of nitrogens with one attached hydrogen (secondary N) is 2. The number of benzene rings is 2. The monoisotopic (exact) mass is 452 g/mol. The highest BCUT2D eigenvalue weighted by molar-refractivity contribution is 7.99. The van der Waals surface area contributed by atoms with E-state index in [2.05, 4.69) is 20.2 Å². The first-order valence-corrected chi connectivity index (χ1v) is 11.3. The van der Waals surface area contributed by atoms with E-state index >= 15 is 0 Å². The van der Waals surface area contributed by atoms with Crippen molar-refractivity contribution in [3.05, 3.63) is 48.7 Å². The second-order valence-electron chi connectivity index (χ2n) is 7.13. The van der Waals surface area contributed by atoms with E-state index in [1.807, 2.05) is 31.3 Å². The van der Waals surface area contributed by atoms with Crippen molar-refractivity contribution in [3.8, 4) is 22.8 Å². The summed E-state index contributed by atoms with van der Waals surface area (Å²) in [6.07, 6.45) is 1.81. The van der Waals surface area contributed by atoms with Crippen LogP contribution in [0.2, 0.25) is 0 Å². The summed E-state index contributed by atoms with van der Waals surface area (Å²) >= 11 is 1.37. The topological polar surface area (TPSA) is 94.5 Å². The van der Waals surface area contributed by atoms with Crippen molar-refractivity contribution >= 4 is 35.0 Å². The predicted octanol–water partition coefficient (Wildman–Crippen LogP) is 4.03. The molecule has 0 aliphatic carbocycles. The number of thioether (sulfide) groups is 1. The molecule has 4 rings (SSSR count). The number of amides is 2. The number of carbonyl (C=O) groups excluding carboxylic acids is 2. The van der Waals surface area contributed by atoms with Crippen LogP contribution in [0.5, 0.6) is 11.5 Å². The number of imidazole rings is 1. The Labute approximate surface area is 190 Å². The van der Waals surface area contributed by atoms with E-state index in [9.17, 15) is 9.59 Å². The molecule has 3 aromatic rings. The molecule has 0 bridgehead atoms. The molecule has 0 spiro atoms. The maximum absolute atomic E-state index is 12.5. The van der Waals surface area contributed by atoms with Gasteiger partial charge in [-0.05, 0) is 43.3 Å². The van der Waals surface area contributed by atoms with Gasteiger partial charge in [0.05, 0.1) is 17.6 Å². The van der Waals surface area contributed by atoms with Crippen molar-refractivity contribution in [1.82, 2.24) is 9.55 Å². The Balaban J connectivity index is 1.43. The number of carbonyl (C=O) groups is 2. The minimum atomic E-state index is -0.163. The van der Waals surface area contributed by atoms with E-state index in [1.165, 1.54) is 18.7 Å². The molecule has 2 heterocycles. The summed E-state index contributed by atoms with van der Waals surface area (Å²) in [5.74, 6) is 1.37. The minimum absolute atomic E-state index is 0.151. The number of aromatic nitrogens is 2. The van der Waals surface area contributed by atoms with Gasteiger partial charge in [0.25, 0.3) is 0 Å². The Bertz CT molecular complexity index is 1140. The normalized spacial score (nSPS) is 12.3. The molecule has 2 aromatic carbocycles. The van der Waals surface area contributed by atoms with Gasteiger partial charge in [-0.1, -0.05) is 17.8 Å². The van der Waals surface area contributed by atoms with Crippen molar-refractivity contribution in [1.29, 1.82) is 0 Å². The zero-order valence-corrected chi connectivity index (χ0v) is 18.7. The van der Waals surface area contributed by atoms with Crippen LogP contribution in [0.15, 0.2) is 53.8 Å². The van der Waals surface area contributed by atoms with Crippen molar-refractivity contribution < 1.29 is 19.1 Å². The maximum atomic E-state index is 12.5. The molecule has 0 saturated heterocycles. The summed E-state index contributed by atoms with van der Waals surface area (Å²) < 4.78 is 13.4. The van der Waals surface area contributed by atoms with E-state index in [4.69, 9.17) is 9.47 Å². The maximum Gasteiger partial charge on any atom is 0.234 e. The molecular formula is C23H24N4O4S. The SMILES string of the molecule is CCn1c(-c2ccc3c(c2)OCCO3)cnc1SCC(=O)Nc1cccc(NC(C)=O)c1. The molecule has 0 radical (unpaired) electrons. The minimum Gasteiger partial charge on any atom is -0.486 e. The van der Waals surface area contributed by atoms with E-state index in [0.717, 1.165) is 27.9 Å². The smallest absolute Gasteiger partial charge is 0.234 e. The number of hydrogen-bond donors (Lipinski definition) is 2. The zero-order valence-electron chi connectivity index (χ0n) is 17.9. The Hall–Kier alpha value is -3.46. The molecule has 0 unspecified atom stereocenters. The lowest BCUT2D eigenvalue weighted by atomic mass is 10.1. The first-order chi connectivity index (χ1) is 15.5. The van der Waals surface area contributed by atoms with Crippen LogP contribution >= 0.6 is 11.8 Å². The van der Waals surface area contributed by atoms with Crippen LogP contribution in [0.1, 0.15) is 13.8 Å². The Morgan fingerprint density at radius 2 is 1.81 bits per heavy atom. The number of nitrogens with zero attached hydrogens (tertiary/aromatic N) is 2. The number of rotatable bonds is 7. The molecule has 8 nitrogen and oxygen atoms in total. The van der Waals surface area contributed by atoms with Crippen LogP contribution < -0.4 is 20.1 Å². The van der Waals surface area contributed by atoms with Crippen LogP contribution in [-0.2, 0) is 16.1 Å². The van der Waals surface area contributed by atoms with Gasteiger partial charge in [0.2, 0.25) is 11.8 Å². The van der Waals surface area contributed by atoms with Gasteiger partial charge in [-0.15, -0.1) is 0 Å². The van der Waals surface area contributed by atoms with Crippen LogP contribution in [0.3, 0.4) is 0 Å². The van der Waals surface area contributed by atoms with Gasteiger partial charge in [0.1, 0.15) is 13.2 Å². The molecule has 0 saturated carbocycles. The van der Waals surface area contributed by atoms with E-state index in [-0.39, 0.29) is 17.6 Å². The molecule has 0 atom stereocenters. The van der Waals surface area contributed by atoms with Crippen molar-refractivity contribution in [2.24, 2.45) is 0 Å². The molecule has 32 heavy (non-hydrogen) atoms. The third-order valence-electron chi connectivity index (χ3n) is 4.77. The Morgan fingerprint density at radius 1 is 1.06 bits per heavy atom. The summed E-state index contributed by atoms with van der Waals surface area (Å²) in [6.45, 7) is 5.29. The van der Waals surface area contributed by atoms with Gasteiger partial charge in [0.15, 0.2) is 16.7 Å². The third kappa shape index (κ3) is 5.05. The molecule has 166 valence electrons. The first kappa shape index (κ1) is 21.8. The molecular weight excluding hydrogens is 428 g/mol. The Kier molecular flexibility index (Phi) is 6.65. The lowest BCUT2D eigenvalue weighted by molar-refractivity contribution is -0.114. The van der Waals surface area contributed by atoms with Gasteiger partial charge in [-0.2, -0.15) is 0 Å². The second kappa shape index (κ2) is 9.78. The molecule has 2 amide bonds. The van der Waals surface area contributed by atoms with Gasteiger partial charge in [0, 0.05) is 30.4 Å². The van der Waals surface area contributed by atoms with E-state index < -0.39 is 0 Å². The molecule has 2 N–H and O–H groups in total. The van der Waals surface area contributed by atoms with Crippen LogP contribution in [0.25, 0.3) is 11.3 Å². The summed E-state index contributed by atoms with van der Waals surface area (Å²) in [5.41, 5.74) is 3.19. The molecule has 1 aromatic heterocycles. The molecule has 1 aliphatic heterocycles.